The van der Waals surface area contributed by atoms with E-state index in [1.165, 1.54) is 6.07 Å². The van der Waals surface area contributed by atoms with Crippen LogP contribution in [0.3, 0.4) is 0 Å². The smallest absolute Gasteiger partial charge is 0.125 e. The maximum atomic E-state index is 13.1. The Morgan fingerprint density at radius 2 is 2.12 bits per heavy atom. The van der Waals surface area contributed by atoms with Crippen LogP contribution in [-0.4, -0.2) is 25.8 Å². The lowest BCUT2D eigenvalue weighted by molar-refractivity contribution is 0.0841. The molecule has 1 aromatic carbocycles. The first-order valence-electron chi connectivity index (χ1n) is 5.75. The Morgan fingerprint density at radius 3 is 2.69 bits per heavy atom. The van der Waals surface area contributed by atoms with Crippen molar-refractivity contribution >= 4 is 5.69 Å². The number of anilines is 1. The van der Waals surface area contributed by atoms with Gasteiger partial charge in [-0.2, -0.15) is 0 Å². The van der Waals surface area contributed by atoms with Crippen LogP contribution in [0.25, 0.3) is 0 Å². The molecule has 16 heavy (non-hydrogen) atoms. The van der Waals surface area contributed by atoms with Gasteiger partial charge in [0.25, 0.3) is 0 Å². The third kappa shape index (κ3) is 4.19. The maximum absolute atomic E-state index is 13.1. The molecule has 0 radical (unpaired) electrons. The number of ether oxygens (including phenoxy) is 1. The summed E-state index contributed by atoms with van der Waals surface area (Å²) in [4.78, 5) is 2.10. The highest BCUT2D eigenvalue weighted by Gasteiger charge is 2.05. The van der Waals surface area contributed by atoms with E-state index in [0.29, 0.717) is 6.61 Å². The molecule has 1 aromatic rings. The molecule has 0 fully saturated rings. The van der Waals surface area contributed by atoms with E-state index in [9.17, 15) is 4.39 Å². The van der Waals surface area contributed by atoms with Crippen LogP contribution in [-0.2, 0) is 4.74 Å². The first-order chi connectivity index (χ1) is 7.63. The lowest BCUT2D eigenvalue weighted by Gasteiger charge is -2.23. The number of halogens is 1. The predicted molar refractivity (Wildman–Crippen MR) is 65.4 cm³/mol. The average Bonchev–Trinajstić information content (AvgIpc) is 2.24. The van der Waals surface area contributed by atoms with Gasteiger partial charge in [0.05, 0.1) is 12.7 Å². The van der Waals surface area contributed by atoms with E-state index in [-0.39, 0.29) is 11.9 Å². The van der Waals surface area contributed by atoms with Crippen LogP contribution >= 0.6 is 0 Å². The average molecular weight is 225 g/mol. The highest BCUT2D eigenvalue weighted by atomic mass is 19.1. The van der Waals surface area contributed by atoms with Gasteiger partial charge in [0.1, 0.15) is 5.82 Å². The minimum Gasteiger partial charge on any atom is -0.377 e. The fourth-order valence-electron chi connectivity index (χ4n) is 1.54. The molecule has 0 saturated heterocycles. The maximum Gasteiger partial charge on any atom is 0.125 e. The Balaban J connectivity index is 2.53. The highest BCUT2D eigenvalue weighted by molar-refractivity contribution is 5.46. The van der Waals surface area contributed by atoms with Gasteiger partial charge in [-0.15, -0.1) is 0 Å². The second-order valence-corrected chi connectivity index (χ2v) is 3.98. The molecule has 0 heterocycles. The number of hydrogen-bond donors (Lipinski definition) is 0. The lowest BCUT2D eigenvalue weighted by Crippen LogP contribution is -2.28. The van der Waals surface area contributed by atoms with Crippen molar-refractivity contribution in [3.8, 4) is 0 Å². The van der Waals surface area contributed by atoms with Crippen LogP contribution < -0.4 is 4.90 Å². The van der Waals surface area contributed by atoms with E-state index < -0.39 is 0 Å². The van der Waals surface area contributed by atoms with E-state index in [0.717, 1.165) is 18.8 Å². The van der Waals surface area contributed by atoms with Crippen molar-refractivity contribution in [3.63, 3.8) is 0 Å². The van der Waals surface area contributed by atoms with Crippen LogP contribution in [0.5, 0.6) is 0 Å². The fraction of sp³-hybridized carbons (Fsp3) is 0.538. The van der Waals surface area contributed by atoms with Crippen molar-refractivity contribution in [2.45, 2.75) is 26.9 Å². The molecular formula is C13H20FNO. The van der Waals surface area contributed by atoms with Crippen molar-refractivity contribution in [2.24, 2.45) is 0 Å². The number of benzene rings is 1. The topological polar surface area (TPSA) is 12.5 Å². The third-order valence-corrected chi connectivity index (χ3v) is 2.37. The molecule has 3 heteroatoms. The van der Waals surface area contributed by atoms with Crippen LogP contribution in [0.4, 0.5) is 10.1 Å². The minimum atomic E-state index is -0.194. The fourth-order valence-corrected chi connectivity index (χ4v) is 1.54. The summed E-state index contributed by atoms with van der Waals surface area (Å²) in [5.74, 6) is -0.194. The highest BCUT2D eigenvalue weighted by Crippen LogP contribution is 2.14. The number of likely N-dealkylation sites (N-methyl/N-ethyl adjacent to an activating group) is 1. The number of rotatable bonds is 6. The molecule has 0 N–H and O–H groups in total. The molecule has 0 atom stereocenters. The lowest BCUT2D eigenvalue weighted by atomic mass is 10.3. The summed E-state index contributed by atoms with van der Waals surface area (Å²) in [5, 5.41) is 0. The van der Waals surface area contributed by atoms with Gasteiger partial charge in [-0.3, -0.25) is 0 Å². The standard InChI is InChI=1S/C13H20FNO/c1-4-15(8-9-16-11(2)3)13-7-5-6-12(14)10-13/h5-7,10-11H,4,8-9H2,1-3H3. The van der Waals surface area contributed by atoms with Crippen molar-refractivity contribution < 1.29 is 9.13 Å². The van der Waals surface area contributed by atoms with E-state index in [1.54, 1.807) is 12.1 Å². The van der Waals surface area contributed by atoms with E-state index in [4.69, 9.17) is 4.74 Å². The van der Waals surface area contributed by atoms with E-state index in [2.05, 4.69) is 11.8 Å². The zero-order chi connectivity index (χ0) is 12.0. The molecule has 90 valence electrons. The third-order valence-electron chi connectivity index (χ3n) is 2.37. The molecule has 0 aliphatic carbocycles. The van der Waals surface area contributed by atoms with Gasteiger partial charge in [0, 0.05) is 18.8 Å². The molecule has 0 bridgehead atoms. The zero-order valence-corrected chi connectivity index (χ0v) is 10.2. The van der Waals surface area contributed by atoms with E-state index >= 15 is 0 Å². The summed E-state index contributed by atoms with van der Waals surface area (Å²) < 4.78 is 18.5. The molecule has 0 unspecified atom stereocenters. The summed E-state index contributed by atoms with van der Waals surface area (Å²) in [5.41, 5.74) is 0.912. The molecule has 0 aromatic heterocycles. The van der Waals surface area contributed by atoms with Crippen LogP contribution in [0.15, 0.2) is 24.3 Å². The summed E-state index contributed by atoms with van der Waals surface area (Å²) in [6.45, 7) is 8.39. The summed E-state index contributed by atoms with van der Waals surface area (Å²) in [7, 11) is 0. The SMILES string of the molecule is CCN(CCOC(C)C)c1cccc(F)c1. The number of nitrogens with zero attached hydrogens (tertiary/aromatic N) is 1. The van der Waals surface area contributed by atoms with Crippen LogP contribution in [0, 0.1) is 5.82 Å². The summed E-state index contributed by atoms with van der Waals surface area (Å²) in [6.07, 6.45) is 0.242. The Bertz CT molecular complexity index is 315. The second kappa shape index (κ2) is 6.48. The Morgan fingerprint density at radius 1 is 1.38 bits per heavy atom. The van der Waals surface area contributed by atoms with Gasteiger partial charge in [-0.25, -0.2) is 4.39 Å². The normalized spacial score (nSPS) is 10.8. The first kappa shape index (κ1) is 13.0. The van der Waals surface area contributed by atoms with Crippen molar-refractivity contribution in [2.75, 3.05) is 24.6 Å². The molecule has 0 aliphatic heterocycles. The molecular weight excluding hydrogens is 205 g/mol. The summed E-state index contributed by atoms with van der Waals surface area (Å²) in [6, 6.07) is 6.67. The van der Waals surface area contributed by atoms with E-state index in [1.807, 2.05) is 19.9 Å². The Kier molecular flexibility index (Phi) is 5.26. The van der Waals surface area contributed by atoms with Gasteiger partial charge < -0.3 is 9.64 Å². The van der Waals surface area contributed by atoms with Crippen molar-refractivity contribution in [1.82, 2.24) is 0 Å². The first-order valence-corrected chi connectivity index (χ1v) is 5.75. The van der Waals surface area contributed by atoms with Gasteiger partial charge >= 0.3 is 0 Å². The van der Waals surface area contributed by atoms with Crippen LogP contribution in [0.2, 0.25) is 0 Å². The minimum absolute atomic E-state index is 0.194. The van der Waals surface area contributed by atoms with Gasteiger partial charge in [-0.05, 0) is 39.0 Å². The molecule has 1 rings (SSSR count). The van der Waals surface area contributed by atoms with Gasteiger partial charge in [-0.1, -0.05) is 6.07 Å². The second-order valence-electron chi connectivity index (χ2n) is 3.98. The Hall–Kier alpha value is -1.09. The monoisotopic (exact) mass is 225 g/mol. The van der Waals surface area contributed by atoms with Crippen molar-refractivity contribution in [3.05, 3.63) is 30.1 Å². The molecule has 0 amide bonds. The van der Waals surface area contributed by atoms with Gasteiger partial charge in [0.15, 0.2) is 0 Å². The Labute approximate surface area is 97.0 Å². The van der Waals surface area contributed by atoms with Crippen LogP contribution in [0.1, 0.15) is 20.8 Å². The zero-order valence-electron chi connectivity index (χ0n) is 10.2. The molecule has 2 nitrogen and oxygen atoms in total. The predicted octanol–water partition coefficient (Wildman–Crippen LogP) is 3.08. The number of hydrogen-bond acceptors (Lipinski definition) is 2. The quantitative estimate of drug-likeness (QED) is 0.737. The summed E-state index contributed by atoms with van der Waals surface area (Å²) >= 11 is 0. The molecule has 0 spiro atoms. The largest absolute Gasteiger partial charge is 0.377 e. The van der Waals surface area contributed by atoms with Crippen molar-refractivity contribution in [1.29, 1.82) is 0 Å². The van der Waals surface area contributed by atoms with Gasteiger partial charge in [0.2, 0.25) is 0 Å². The molecule has 0 aliphatic rings. The molecule has 0 saturated carbocycles.